The van der Waals surface area contributed by atoms with Gasteiger partial charge < -0.3 is 9.67 Å². The van der Waals surface area contributed by atoms with Crippen molar-refractivity contribution < 1.29 is 9.90 Å². The lowest BCUT2D eigenvalue weighted by Crippen LogP contribution is -2.19. The molecule has 1 heterocycles. The lowest BCUT2D eigenvalue weighted by atomic mass is 9.83. The number of carboxylic acids is 1. The summed E-state index contributed by atoms with van der Waals surface area (Å²) < 4.78 is 1.96. The zero-order valence-corrected chi connectivity index (χ0v) is 15.7. The van der Waals surface area contributed by atoms with E-state index >= 15 is 0 Å². The van der Waals surface area contributed by atoms with Gasteiger partial charge in [-0.1, -0.05) is 51.5 Å². The van der Waals surface area contributed by atoms with Gasteiger partial charge in [-0.15, -0.1) is 0 Å². The van der Waals surface area contributed by atoms with Crippen molar-refractivity contribution in [3.05, 3.63) is 45.7 Å². The average molecular weight is 355 g/mol. The van der Waals surface area contributed by atoms with Crippen molar-refractivity contribution in [2.24, 2.45) is 0 Å². The van der Waals surface area contributed by atoms with Gasteiger partial charge in [0.05, 0.1) is 5.52 Å². The number of rotatable bonds is 7. The minimum absolute atomic E-state index is 0.117. The van der Waals surface area contributed by atoms with Gasteiger partial charge in [0.25, 0.3) is 0 Å². The largest absolute Gasteiger partial charge is 0.477 e. The summed E-state index contributed by atoms with van der Waals surface area (Å²) in [7, 11) is 0. The van der Waals surface area contributed by atoms with Gasteiger partial charge in [0, 0.05) is 18.1 Å². The molecule has 1 aliphatic carbocycles. The fourth-order valence-corrected chi connectivity index (χ4v) is 4.15. The Labute approximate surface area is 154 Å². The van der Waals surface area contributed by atoms with Gasteiger partial charge in [0.1, 0.15) is 5.56 Å². The van der Waals surface area contributed by atoms with Crippen LogP contribution in [0.5, 0.6) is 0 Å². The molecule has 1 fully saturated rings. The first-order valence-electron chi connectivity index (χ1n) is 10.0. The van der Waals surface area contributed by atoms with Crippen molar-refractivity contribution >= 4 is 16.9 Å². The monoisotopic (exact) mass is 355 g/mol. The lowest BCUT2D eigenvalue weighted by Gasteiger charge is -2.22. The first kappa shape index (κ1) is 18.7. The molecule has 0 aliphatic heterocycles. The smallest absolute Gasteiger partial charge is 0.341 e. The predicted molar refractivity (Wildman–Crippen MR) is 105 cm³/mol. The van der Waals surface area contributed by atoms with E-state index in [0.29, 0.717) is 11.3 Å². The molecule has 0 atom stereocenters. The van der Waals surface area contributed by atoms with Crippen LogP contribution in [-0.2, 0) is 6.54 Å². The molecule has 0 spiro atoms. The zero-order chi connectivity index (χ0) is 18.5. The number of aromatic nitrogens is 1. The van der Waals surface area contributed by atoms with E-state index in [4.69, 9.17) is 0 Å². The highest BCUT2D eigenvalue weighted by Gasteiger charge is 2.19. The maximum atomic E-state index is 12.7. The number of fused-ring (bicyclic) bond motifs is 1. The fourth-order valence-electron chi connectivity index (χ4n) is 4.15. The van der Waals surface area contributed by atoms with Crippen LogP contribution < -0.4 is 5.43 Å². The molecule has 1 aromatic carbocycles. The topological polar surface area (TPSA) is 59.3 Å². The minimum Gasteiger partial charge on any atom is -0.477 e. The number of carboxylic acid groups (broad SMARTS) is 1. The summed E-state index contributed by atoms with van der Waals surface area (Å²) in [6, 6.07) is 6.12. The molecular weight excluding hydrogens is 326 g/mol. The summed E-state index contributed by atoms with van der Waals surface area (Å²) in [5.41, 5.74) is 1.58. The number of unbranched alkanes of at least 4 members (excludes halogenated alkanes) is 3. The van der Waals surface area contributed by atoms with Crippen LogP contribution in [0.2, 0.25) is 0 Å². The van der Waals surface area contributed by atoms with Crippen molar-refractivity contribution in [1.29, 1.82) is 0 Å². The third kappa shape index (κ3) is 4.00. The normalized spacial score (nSPS) is 15.4. The summed E-state index contributed by atoms with van der Waals surface area (Å²) in [5, 5.41) is 10.0. The summed E-state index contributed by atoms with van der Waals surface area (Å²) in [6.07, 6.45) is 12.1. The van der Waals surface area contributed by atoms with Gasteiger partial charge >= 0.3 is 5.97 Å². The van der Waals surface area contributed by atoms with Crippen LogP contribution >= 0.6 is 0 Å². The van der Waals surface area contributed by atoms with Crippen LogP contribution in [0.4, 0.5) is 0 Å². The van der Waals surface area contributed by atoms with Crippen molar-refractivity contribution in [3.8, 4) is 0 Å². The number of hydrogen-bond acceptors (Lipinski definition) is 2. The Balaban J connectivity index is 2.01. The number of aromatic carboxylic acids is 1. The standard InChI is InChI=1S/C22H29NO3/c1-2-3-4-8-13-23-15-19(22(25)26)21(24)18-14-17(11-12-20(18)23)16-9-6-5-7-10-16/h11-12,14-16H,2-10,13H2,1H3,(H,25,26). The van der Waals surface area contributed by atoms with Gasteiger partial charge in [-0.3, -0.25) is 4.79 Å². The first-order valence-corrected chi connectivity index (χ1v) is 10.0. The molecule has 3 rings (SSSR count). The highest BCUT2D eigenvalue weighted by Crippen LogP contribution is 2.33. The minimum atomic E-state index is -1.14. The Hall–Kier alpha value is -2.10. The van der Waals surface area contributed by atoms with E-state index in [1.807, 2.05) is 16.7 Å². The van der Waals surface area contributed by atoms with E-state index in [0.717, 1.165) is 44.2 Å². The number of carbonyl (C=O) groups is 1. The highest BCUT2D eigenvalue weighted by molar-refractivity contribution is 5.92. The molecule has 0 radical (unpaired) electrons. The van der Waals surface area contributed by atoms with E-state index in [1.165, 1.54) is 37.4 Å². The number of benzene rings is 1. The molecule has 1 saturated carbocycles. The highest BCUT2D eigenvalue weighted by atomic mass is 16.4. The van der Waals surface area contributed by atoms with E-state index < -0.39 is 5.97 Å². The third-order valence-electron chi connectivity index (χ3n) is 5.66. The molecule has 4 heteroatoms. The Bertz CT molecular complexity index is 831. The van der Waals surface area contributed by atoms with Crippen molar-refractivity contribution in [1.82, 2.24) is 4.57 Å². The van der Waals surface area contributed by atoms with E-state index in [2.05, 4.69) is 13.0 Å². The quantitative estimate of drug-likeness (QED) is 0.683. The molecule has 140 valence electrons. The number of hydrogen-bond donors (Lipinski definition) is 1. The molecule has 26 heavy (non-hydrogen) atoms. The average Bonchev–Trinajstić information content (AvgIpc) is 2.67. The van der Waals surface area contributed by atoms with Crippen molar-refractivity contribution in [2.75, 3.05) is 0 Å². The molecule has 1 N–H and O–H groups in total. The van der Waals surface area contributed by atoms with E-state index in [-0.39, 0.29) is 11.0 Å². The van der Waals surface area contributed by atoms with Crippen LogP contribution in [0.15, 0.2) is 29.2 Å². The number of aryl methyl sites for hydroxylation is 1. The van der Waals surface area contributed by atoms with Crippen LogP contribution in [0.25, 0.3) is 10.9 Å². The van der Waals surface area contributed by atoms with Gasteiger partial charge in [-0.2, -0.15) is 0 Å². The molecule has 1 aliphatic rings. The second-order valence-electron chi connectivity index (χ2n) is 7.54. The van der Waals surface area contributed by atoms with Gasteiger partial charge in [-0.25, -0.2) is 4.79 Å². The second kappa shape index (κ2) is 8.52. The maximum absolute atomic E-state index is 12.7. The first-order chi connectivity index (χ1) is 12.6. The van der Waals surface area contributed by atoms with Crippen LogP contribution in [0.3, 0.4) is 0 Å². The lowest BCUT2D eigenvalue weighted by molar-refractivity contribution is 0.0695. The Morgan fingerprint density at radius 3 is 2.62 bits per heavy atom. The maximum Gasteiger partial charge on any atom is 0.341 e. The molecule has 0 amide bonds. The summed E-state index contributed by atoms with van der Waals surface area (Å²) in [5.74, 6) is -0.638. The molecule has 0 bridgehead atoms. The number of nitrogens with zero attached hydrogens (tertiary/aromatic N) is 1. The Morgan fingerprint density at radius 1 is 1.15 bits per heavy atom. The molecular formula is C22H29NO3. The SMILES string of the molecule is CCCCCCn1cc(C(=O)O)c(=O)c2cc(C3CCCCC3)ccc21. The summed E-state index contributed by atoms with van der Waals surface area (Å²) in [4.78, 5) is 24.3. The van der Waals surface area contributed by atoms with Crippen molar-refractivity contribution in [2.45, 2.75) is 77.2 Å². The van der Waals surface area contributed by atoms with E-state index in [9.17, 15) is 14.7 Å². The van der Waals surface area contributed by atoms with E-state index in [1.54, 1.807) is 0 Å². The van der Waals surface area contributed by atoms with Gasteiger partial charge in [0.2, 0.25) is 5.43 Å². The summed E-state index contributed by atoms with van der Waals surface area (Å²) >= 11 is 0. The third-order valence-corrected chi connectivity index (χ3v) is 5.66. The van der Waals surface area contributed by atoms with Crippen LogP contribution in [0, 0.1) is 0 Å². The molecule has 1 aromatic heterocycles. The van der Waals surface area contributed by atoms with Crippen LogP contribution in [-0.4, -0.2) is 15.6 Å². The molecule has 2 aromatic rings. The van der Waals surface area contributed by atoms with Gasteiger partial charge in [0.15, 0.2) is 0 Å². The Kier molecular flexibility index (Phi) is 6.12. The predicted octanol–water partition coefficient (Wildman–Crippen LogP) is 5.33. The molecule has 0 unspecified atom stereocenters. The molecule has 4 nitrogen and oxygen atoms in total. The Morgan fingerprint density at radius 2 is 1.92 bits per heavy atom. The van der Waals surface area contributed by atoms with Crippen LogP contribution in [0.1, 0.15) is 86.6 Å². The fraction of sp³-hybridized carbons (Fsp3) is 0.545. The van der Waals surface area contributed by atoms with Gasteiger partial charge in [-0.05, 0) is 42.9 Å². The zero-order valence-electron chi connectivity index (χ0n) is 15.7. The summed E-state index contributed by atoms with van der Waals surface area (Å²) in [6.45, 7) is 2.92. The molecule has 0 saturated heterocycles. The van der Waals surface area contributed by atoms with Crippen molar-refractivity contribution in [3.63, 3.8) is 0 Å². The second-order valence-corrected chi connectivity index (χ2v) is 7.54. The number of pyridine rings is 1.